The number of rotatable bonds is 6. The Morgan fingerprint density at radius 3 is 2.61 bits per heavy atom. The molecule has 1 aliphatic rings. The molecule has 3 N–H and O–H groups in total. The van der Waals surface area contributed by atoms with E-state index in [0.717, 1.165) is 35.3 Å². The molecular weight excluding hydrogens is 416 g/mol. The third kappa shape index (κ3) is 6.54. The Hall–Kier alpha value is -3.91. The highest BCUT2D eigenvalue weighted by molar-refractivity contribution is 5.69. The average molecular weight is 445 g/mol. The standard InChI is InChI=1S/C19H22N6O2.C6H6/c1-25-12-15(9-24-25)14-7-17-19(23-8-14)27-16(11-22-17)10-20-4-2-13-3-5-21-18(26)6-13;1-2-4-6-5-3-1/h3,5-9,12,16,20,22H,2,4,10-11H2,1H3,(H,21,26);1-6H. The second-order valence-electron chi connectivity index (χ2n) is 7.77. The zero-order valence-corrected chi connectivity index (χ0v) is 18.6. The fraction of sp³-hybridized carbons (Fsp3) is 0.240. The van der Waals surface area contributed by atoms with Crippen molar-refractivity contribution in [1.29, 1.82) is 0 Å². The molecule has 5 rings (SSSR count). The number of benzene rings is 1. The van der Waals surface area contributed by atoms with Crippen molar-refractivity contribution in [3.05, 3.63) is 95.3 Å². The van der Waals surface area contributed by atoms with Gasteiger partial charge >= 0.3 is 0 Å². The molecule has 0 aliphatic carbocycles. The predicted octanol–water partition coefficient (Wildman–Crippen LogP) is 2.86. The van der Waals surface area contributed by atoms with Gasteiger partial charge in [-0.25, -0.2) is 4.98 Å². The predicted molar refractivity (Wildman–Crippen MR) is 129 cm³/mol. The number of hydrogen-bond donors (Lipinski definition) is 3. The molecule has 4 heterocycles. The van der Waals surface area contributed by atoms with Crippen molar-refractivity contribution >= 4 is 5.69 Å². The largest absolute Gasteiger partial charge is 0.470 e. The number of ether oxygens (including phenoxy) is 1. The number of anilines is 1. The molecule has 170 valence electrons. The monoisotopic (exact) mass is 444 g/mol. The van der Waals surface area contributed by atoms with Crippen molar-refractivity contribution in [2.45, 2.75) is 12.5 Å². The lowest BCUT2D eigenvalue weighted by Crippen LogP contribution is -2.40. The van der Waals surface area contributed by atoms with Crippen molar-refractivity contribution < 1.29 is 4.74 Å². The van der Waals surface area contributed by atoms with E-state index < -0.39 is 0 Å². The molecule has 0 saturated heterocycles. The number of hydrogen-bond acceptors (Lipinski definition) is 6. The third-order valence-electron chi connectivity index (χ3n) is 5.16. The van der Waals surface area contributed by atoms with E-state index in [-0.39, 0.29) is 11.7 Å². The summed E-state index contributed by atoms with van der Waals surface area (Å²) in [7, 11) is 1.89. The molecule has 0 fully saturated rings. The Balaban J connectivity index is 0.000000376. The second kappa shape index (κ2) is 11.1. The lowest BCUT2D eigenvalue weighted by atomic mass is 10.1. The number of aromatic nitrogens is 4. The highest BCUT2D eigenvalue weighted by Gasteiger charge is 2.20. The molecule has 3 aromatic heterocycles. The van der Waals surface area contributed by atoms with Crippen LogP contribution in [0.1, 0.15) is 5.56 Å². The second-order valence-corrected chi connectivity index (χ2v) is 7.77. The van der Waals surface area contributed by atoms with Crippen LogP contribution in [0, 0.1) is 0 Å². The van der Waals surface area contributed by atoms with Crippen molar-refractivity contribution in [2.24, 2.45) is 7.05 Å². The van der Waals surface area contributed by atoms with E-state index in [1.165, 1.54) is 0 Å². The minimum Gasteiger partial charge on any atom is -0.470 e. The molecule has 8 nitrogen and oxygen atoms in total. The van der Waals surface area contributed by atoms with Crippen LogP contribution in [-0.2, 0) is 13.5 Å². The van der Waals surface area contributed by atoms with Gasteiger partial charge in [-0.1, -0.05) is 36.4 Å². The topological polar surface area (TPSA) is 96.9 Å². The van der Waals surface area contributed by atoms with Gasteiger partial charge in [-0.2, -0.15) is 5.10 Å². The van der Waals surface area contributed by atoms with Crippen molar-refractivity contribution in [3.8, 4) is 17.0 Å². The van der Waals surface area contributed by atoms with Crippen molar-refractivity contribution in [2.75, 3.05) is 25.0 Å². The number of aryl methyl sites for hydroxylation is 1. The van der Waals surface area contributed by atoms with E-state index in [4.69, 9.17) is 4.74 Å². The normalized spacial score (nSPS) is 14.3. The van der Waals surface area contributed by atoms with Crippen molar-refractivity contribution in [1.82, 2.24) is 25.1 Å². The van der Waals surface area contributed by atoms with Gasteiger partial charge in [0.15, 0.2) is 0 Å². The Morgan fingerprint density at radius 1 is 1.12 bits per heavy atom. The van der Waals surface area contributed by atoms with E-state index in [9.17, 15) is 4.79 Å². The number of H-pyrrole nitrogens is 1. The quantitative estimate of drug-likeness (QED) is 0.396. The highest BCUT2D eigenvalue weighted by Crippen LogP contribution is 2.30. The molecular formula is C25H28N6O2. The maximum absolute atomic E-state index is 11.3. The Bertz CT molecular complexity index is 1180. The van der Waals surface area contributed by atoms with Crippen LogP contribution in [0.25, 0.3) is 11.1 Å². The number of fused-ring (bicyclic) bond motifs is 1. The Labute approximate surface area is 192 Å². The van der Waals surface area contributed by atoms with Gasteiger partial charge in [-0.05, 0) is 30.7 Å². The zero-order valence-electron chi connectivity index (χ0n) is 18.6. The summed E-state index contributed by atoms with van der Waals surface area (Å²) in [6.07, 6.45) is 8.07. The molecule has 0 amide bonds. The van der Waals surface area contributed by atoms with Crippen LogP contribution in [-0.4, -0.2) is 45.5 Å². The first-order chi connectivity index (χ1) is 16.2. The summed E-state index contributed by atoms with van der Waals surface area (Å²) in [4.78, 5) is 18.4. The van der Waals surface area contributed by atoms with Gasteiger partial charge in [-0.3, -0.25) is 9.48 Å². The van der Waals surface area contributed by atoms with Gasteiger partial charge in [0.25, 0.3) is 0 Å². The summed E-state index contributed by atoms with van der Waals surface area (Å²) in [5, 5.41) is 11.0. The first kappa shape index (κ1) is 22.3. The minimum atomic E-state index is -0.0688. The molecule has 0 spiro atoms. The summed E-state index contributed by atoms with van der Waals surface area (Å²) in [5.74, 6) is 0.621. The van der Waals surface area contributed by atoms with Gasteiger partial charge in [0.1, 0.15) is 6.10 Å². The average Bonchev–Trinajstić information content (AvgIpc) is 3.29. The number of aromatic amines is 1. The molecule has 0 saturated carbocycles. The summed E-state index contributed by atoms with van der Waals surface area (Å²) in [6.45, 7) is 2.20. The molecule has 33 heavy (non-hydrogen) atoms. The van der Waals surface area contributed by atoms with Crippen LogP contribution in [0.5, 0.6) is 5.88 Å². The molecule has 1 unspecified atom stereocenters. The lowest BCUT2D eigenvalue weighted by molar-refractivity contribution is 0.194. The molecule has 4 aromatic rings. The van der Waals surface area contributed by atoms with Crippen LogP contribution in [0.15, 0.2) is 84.2 Å². The fourth-order valence-electron chi connectivity index (χ4n) is 3.46. The van der Waals surface area contributed by atoms with E-state index in [1.54, 1.807) is 23.1 Å². The van der Waals surface area contributed by atoms with Crippen LogP contribution in [0.2, 0.25) is 0 Å². The van der Waals surface area contributed by atoms with E-state index in [2.05, 4.69) is 25.7 Å². The van der Waals surface area contributed by atoms with Gasteiger partial charge in [0.2, 0.25) is 11.4 Å². The number of pyridine rings is 2. The molecule has 0 bridgehead atoms. The maximum atomic E-state index is 11.3. The number of nitrogens with one attached hydrogen (secondary N) is 3. The minimum absolute atomic E-state index is 0.00779. The molecule has 1 aliphatic heterocycles. The number of nitrogens with zero attached hydrogens (tertiary/aromatic N) is 3. The van der Waals surface area contributed by atoms with Crippen LogP contribution in [0.3, 0.4) is 0 Å². The molecule has 8 heteroatoms. The van der Waals surface area contributed by atoms with Gasteiger partial charge < -0.3 is 20.4 Å². The van der Waals surface area contributed by atoms with Gasteiger partial charge in [-0.15, -0.1) is 0 Å². The SMILES string of the molecule is Cn1cc(-c2cnc3c(c2)NCC(CNCCc2cc[nH]c(=O)c2)O3)cn1.c1ccccc1. The molecule has 1 aromatic carbocycles. The summed E-state index contributed by atoms with van der Waals surface area (Å²) in [6, 6.07) is 17.6. The van der Waals surface area contributed by atoms with Crippen LogP contribution < -0.4 is 20.9 Å². The van der Waals surface area contributed by atoms with Gasteiger partial charge in [0.05, 0.1) is 18.4 Å². The molecule has 0 radical (unpaired) electrons. The third-order valence-corrected chi connectivity index (χ3v) is 5.16. The molecule has 1 atom stereocenters. The fourth-order valence-corrected chi connectivity index (χ4v) is 3.46. The zero-order chi connectivity index (χ0) is 22.9. The lowest BCUT2D eigenvalue weighted by Gasteiger charge is -2.27. The van der Waals surface area contributed by atoms with E-state index in [1.807, 2.05) is 68.0 Å². The highest BCUT2D eigenvalue weighted by atomic mass is 16.5. The first-order valence-electron chi connectivity index (χ1n) is 11.0. The Morgan fingerprint density at radius 2 is 1.91 bits per heavy atom. The van der Waals surface area contributed by atoms with Crippen molar-refractivity contribution in [3.63, 3.8) is 0 Å². The van der Waals surface area contributed by atoms with Crippen LogP contribution >= 0.6 is 0 Å². The summed E-state index contributed by atoms with van der Waals surface area (Å²) < 4.78 is 7.76. The smallest absolute Gasteiger partial charge is 0.248 e. The summed E-state index contributed by atoms with van der Waals surface area (Å²) in [5.41, 5.74) is 3.88. The first-order valence-corrected chi connectivity index (χ1v) is 11.0. The van der Waals surface area contributed by atoms with E-state index in [0.29, 0.717) is 19.0 Å². The van der Waals surface area contributed by atoms with Gasteiger partial charge in [0, 0.05) is 49.4 Å². The van der Waals surface area contributed by atoms with E-state index >= 15 is 0 Å². The summed E-state index contributed by atoms with van der Waals surface area (Å²) >= 11 is 0. The maximum Gasteiger partial charge on any atom is 0.248 e. The van der Waals surface area contributed by atoms with Crippen LogP contribution in [0.4, 0.5) is 5.69 Å². The Kier molecular flexibility index (Phi) is 7.50.